The maximum atomic E-state index is 7.72. The predicted octanol–water partition coefficient (Wildman–Crippen LogP) is 2.66. The van der Waals surface area contributed by atoms with Crippen LogP contribution in [-0.2, 0) is 0 Å². The number of amidine groups is 1. The molecule has 3 heteroatoms. The fourth-order valence-corrected chi connectivity index (χ4v) is 2.76. The van der Waals surface area contributed by atoms with Crippen LogP contribution in [0.1, 0.15) is 37.8 Å². The van der Waals surface area contributed by atoms with Gasteiger partial charge in [0, 0.05) is 17.6 Å². The van der Waals surface area contributed by atoms with E-state index in [2.05, 4.69) is 31.7 Å². The monoisotopic (exact) mass is 231 g/mol. The second kappa shape index (κ2) is 4.06. The van der Waals surface area contributed by atoms with Crippen molar-refractivity contribution in [3.63, 3.8) is 0 Å². The van der Waals surface area contributed by atoms with Crippen molar-refractivity contribution >= 4 is 11.5 Å². The van der Waals surface area contributed by atoms with Gasteiger partial charge in [0.15, 0.2) is 0 Å². The molecule has 3 N–H and O–H groups in total. The Morgan fingerprint density at radius 1 is 1.41 bits per heavy atom. The number of para-hydroxylation sites is 1. The molecule has 1 aliphatic rings. The van der Waals surface area contributed by atoms with Gasteiger partial charge in [-0.05, 0) is 45.2 Å². The first-order valence-electron chi connectivity index (χ1n) is 6.15. The van der Waals surface area contributed by atoms with Gasteiger partial charge in [-0.15, -0.1) is 0 Å². The van der Waals surface area contributed by atoms with Gasteiger partial charge in [0.2, 0.25) is 0 Å². The number of nitrogen functional groups attached to an aromatic ring is 1. The smallest absolute Gasteiger partial charge is 0.124 e. The normalized spacial score (nSPS) is 18.4. The minimum absolute atomic E-state index is 0.159. The highest BCUT2D eigenvalue weighted by Gasteiger charge is 2.34. The molecule has 0 bridgehead atoms. The second-order valence-electron chi connectivity index (χ2n) is 5.45. The Bertz CT molecular complexity index is 449. The molecular weight excluding hydrogens is 210 g/mol. The SMILES string of the molecule is Cc1cccc(C(=N)N)c1N1CCCC1(C)C. The Hall–Kier alpha value is -1.51. The van der Waals surface area contributed by atoms with Crippen LogP contribution in [0.15, 0.2) is 18.2 Å². The topological polar surface area (TPSA) is 53.1 Å². The molecule has 1 heterocycles. The molecule has 0 radical (unpaired) electrons. The first-order valence-corrected chi connectivity index (χ1v) is 6.15. The Balaban J connectivity index is 2.54. The molecule has 1 fully saturated rings. The first-order chi connectivity index (χ1) is 7.93. The van der Waals surface area contributed by atoms with Gasteiger partial charge in [-0.2, -0.15) is 0 Å². The molecule has 0 saturated carbocycles. The number of hydrogen-bond acceptors (Lipinski definition) is 2. The fraction of sp³-hybridized carbons (Fsp3) is 0.500. The van der Waals surface area contributed by atoms with Crippen molar-refractivity contribution in [2.45, 2.75) is 39.2 Å². The lowest BCUT2D eigenvalue weighted by atomic mass is 9.98. The molecule has 3 nitrogen and oxygen atoms in total. The van der Waals surface area contributed by atoms with Crippen LogP contribution in [0.5, 0.6) is 0 Å². The minimum atomic E-state index is 0.159. The highest BCUT2D eigenvalue weighted by Crippen LogP contribution is 2.37. The van der Waals surface area contributed by atoms with Crippen LogP contribution in [0.4, 0.5) is 5.69 Å². The third kappa shape index (κ3) is 2.02. The minimum Gasteiger partial charge on any atom is -0.384 e. The summed E-state index contributed by atoms with van der Waals surface area (Å²) < 4.78 is 0. The highest BCUT2D eigenvalue weighted by molar-refractivity contribution is 6.01. The lowest BCUT2D eigenvalue weighted by molar-refractivity contribution is 0.517. The summed E-state index contributed by atoms with van der Waals surface area (Å²) >= 11 is 0. The molecule has 0 spiro atoms. The first kappa shape index (κ1) is 12.0. The number of nitrogens with two attached hydrogens (primary N) is 1. The summed E-state index contributed by atoms with van der Waals surface area (Å²) in [6.45, 7) is 7.67. The molecule has 0 atom stereocenters. The quantitative estimate of drug-likeness (QED) is 0.607. The van der Waals surface area contributed by atoms with Crippen LogP contribution in [0.2, 0.25) is 0 Å². The molecule has 0 aromatic heterocycles. The number of nitrogens with zero attached hydrogens (tertiary/aromatic N) is 1. The van der Waals surface area contributed by atoms with Crippen LogP contribution in [-0.4, -0.2) is 17.9 Å². The summed E-state index contributed by atoms with van der Waals surface area (Å²) in [6, 6.07) is 6.01. The third-order valence-corrected chi connectivity index (χ3v) is 3.70. The predicted molar refractivity (Wildman–Crippen MR) is 72.9 cm³/mol. The van der Waals surface area contributed by atoms with E-state index in [9.17, 15) is 0 Å². The molecule has 0 unspecified atom stereocenters. The standard InChI is InChI=1S/C14H21N3/c1-10-6-4-7-11(13(15)16)12(10)17-9-5-8-14(17,2)3/h4,6-7H,5,8-9H2,1-3H3,(H3,15,16). The van der Waals surface area contributed by atoms with Gasteiger partial charge in [-0.1, -0.05) is 12.1 Å². The van der Waals surface area contributed by atoms with Gasteiger partial charge in [0.1, 0.15) is 5.84 Å². The summed E-state index contributed by atoms with van der Waals surface area (Å²) in [5.41, 5.74) is 9.06. The Kier molecular flexibility index (Phi) is 2.86. The number of nitrogens with one attached hydrogen (secondary N) is 1. The summed E-state index contributed by atoms with van der Waals surface area (Å²) in [6.07, 6.45) is 2.40. The number of anilines is 1. The maximum absolute atomic E-state index is 7.72. The van der Waals surface area contributed by atoms with E-state index in [0.717, 1.165) is 17.8 Å². The lowest BCUT2D eigenvalue weighted by Crippen LogP contribution is -2.39. The zero-order chi connectivity index (χ0) is 12.6. The van der Waals surface area contributed by atoms with Crippen molar-refractivity contribution in [1.29, 1.82) is 5.41 Å². The van der Waals surface area contributed by atoms with Crippen LogP contribution in [0.25, 0.3) is 0 Å². The molecule has 92 valence electrons. The van der Waals surface area contributed by atoms with E-state index in [-0.39, 0.29) is 11.4 Å². The number of rotatable bonds is 2. The number of hydrogen-bond donors (Lipinski definition) is 2. The van der Waals surface area contributed by atoms with Gasteiger partial charge < -0.3 is 10.6 Å². The average molecular weight is 231 g/mol. The van der Waals surface area contributed by atoms with Crippen molar-refractivity contribution in [2.75, 3.05) is 11.4 Å². The Morgan fingerprint density at radius 2 is 2.12 bits per heavy atom. The van der Waals surface area contributed by atoms with E-state index in [1.807, 2.05) is 12.1 Å². The van der Waals surface area contributed by atoms with E-state index in [0.29, 0.717) is 0 Å². The zero-order valence-corrected chi connectivity index (χ0v) is 10.9. The van der Waals surface area contributed by atoms with E-state index in [4.69, 9.17) is 11.1 Å². The number of benzene rings is 1. The van der Waals surface area contributed by atoms with Crippen LogP contribution >= 0.6 is 0 Å². The summed E-state index contributed by atoms with van der Waals surface area (Å²) in [5, 5.41) is 7.72. The van der Waals surface area contributed by atoms with Gasteiger partial charge in [-0.3, -0.25) is 5.41 Å². The van der Waals surface area contributed by atoms with Crippen molar-refractivity contribution in [2.24, 2.45) is 5.73 Å². The summed E-state index contributed by atoms with van der Waals surface area (Å²) in [7, 11) is 0. The average Bonchev–Trinajstić information content (AvgIpc) is 2.57. The van der Waals surface area contributed by atoms with Crippen LogP contribution < -0.4 is 10.6 Å². The van der Waals surface area contributed by atoms with Gasteiger partial charge >= 0.3 is 0 Å². The van der Waals surface area contributed by atoms with Gasteiger partial charge in [-0.25, -0.2) is 0 Å². The van der Waals surface area contributed by atoms with E-state index in [1.54, 1.807) is 0 Å². The number of aryl methyl sites for hydroxylation is 1. The molecule has 0 amide bonds. The molecule has 1 aromatic rings. The Morgan fingerprint density at radius 3 is 2.65 bits per heavy atom. The van der Waals surface area contributed by atoms with Crippen LogP contribution in [0, 0.1) is 12.3 Å². The van der Waals surface area contributed by atoms with Gasteiger partial charge in [0.05, 0.1) is 5.69 Å². The van der Waals surface area contributed by atoms with Crippen LogP contribution in [0.3, 0.4) is 0 Å². The van der Waals surface area contributed by atoms with Crippen molar-refractivity contribution in [3.05, 3.63) is 29.3 Å². The van der Waals surface area contributed by atoms with Gasteiger partial charge in [0.25, 0.3) is 0 Å². The second-order valence-corrected chi connectivity index (χ2v) is 5.45. The molecule has 1 aliphatic heterocycles. The maximum Gasteiger partial charge on any atom is 0.124 e. The van der Waals surface area contributed by atoms with E-state index < -0.39 is 0 Å². The van der Waals surface area contributed by atoms with E-state index >= 15 is 0 Å². The molecule has 2 rings (SSSR count). The summed E-state index contributed by atoms with van der Waals surface area (Å²) in [4.78, 5) is 2.40. The van der Waals surface area contributed by atoms with Crippen molar-refractivity contribution < 1.29 is 0 Å². The fourth-order valence-electron chi connectivity index (χ4n) is 2.76. The third-order valence-electron chi connectivity index (χ3n) is 3.70. The highest BCUT2D eigenvalue weighted by atomic mass is 15.2. The van der Waals surface area contributed by atoms with Crippen molar-refractivity contribution in [3.8, 4) is 0 Å². The molecular formula is C14H21N3. The molecule has 17 heavy (non-hydrogen) atoms. The molecule has 1 aromatic carbocycles. The Labute approximate surface area is 103 Å². The molecule has 1 saturated heterocycles. The molecule has 0 aliphatic carbocycles. The lowest BCUT2D eigenvalue weighted by Gasteiger charge is -2.36. The zero-order valence-electron chi connectivity index (χ0n) is 10.9. The summed E-state index contributed by atoms with van der Waals surface area (Å²) in [5.74, 6) is 0.159. The largest absolute Gasteiger partial charge is 0.384 e. The van der Waals surface area contributed by atoms with Crippen molar-refractivity contribution in [1.82, 2.24) is 0 Å². The van der Waals surface area contributed by atoms with E-state index in [1.165, 1.54) is 18.4 Å².